The van der Waals surface area contributed by atoms with E-state index in [2.05, 4.69) is 38.2 Å². The Morgan fingerprint density at radius 1 is 0.500 bits per heavy atom. The molecule has 0 radical (unpaired) electrons. The fraction of sp³-hybridized carbons (Fsp3) is 0.880. The van der Waals surface area contributed by atoms with Crippen molar-refractivity contribution in [1.29, 1.82) is 0 Å². The number of esters is 2. The van der Waals surface area contributed by atoms with Crippen molar-refractivity contribution in [3.8, 4) is 0 Å². The van der Waals surface area contributed by atoms with Crippen LogP contribution in [0.2, 0.25) is 0 Å². The van der Waals surface area contributed by atoms with Gasteiger partial charge in [-0.2, -0.15) is 0 Å². The second kappa shape index (κ2) is 42.8. The van der Waals surface area contributed by atoms with E-state index in [1.165, 1.54) is 154 Å². The van der Waals surface area contributed by atoms with Gasteiger partial charge in [0.25, 0.3) is 7.82 Å². The summed E-state index contributed by atoms with van der Waals surface area (Å²) in [4.78, 5) is 37.6. The highest BCUT2D eigenvalue weighted by atomic mass is 31.2. The number of unbranched alkanes of at least 4 members (excludes halogenated alkanes) is 28. The smallest absolute Gasteiger partial charge is 0.306 e. The van der Waals surface area contributed by atoms with E-state index >= 15 is 0 Å². The van der Waals surface area contributed by atoms with Gasteiger partial charge in [0, 0.05) is 12.8 Å². The average Bonchev–Trinajstić information content (AvgIpc) is 3.20. The van der Waals surface area contributed by atoms with Crippen molar-refractivity contribution in [3.05, 3.63) is 24.3 Å². The van der Waals surface area contributed by atoms with E-state index in [4.69, 9.17) is 18.5 Å². The Hall–Kier alpha value is -1.51. The number of quaternary nitrogens is 1. The molecule has 0 saturated carbocycles. The highest BCUT2D eigenvalue weighted by Gasteiger charge is 2.21. The van der Waals surface area contributed by atoms with Crippen LogP contribution in [0.15, 0.2) is 24.3 Å². The predicted octanol–water partition coefficient (Wildman–Crippen LogP) is 14.1. The number of hydrogen-bond acceptors (Lipinski definition) is 8. The number of hydrogen-bond donors (Lipinski definition) is 0. The van der Waals surface area contributed by atoms with Gasteiger partial charge in [0.1, 0.15) is 19.8 Å². The van der Waals surface area contributed by atoms with Crippen LogP contribution in [0, 0.1) is 0 Å². The minimum absolute atomic E-state index is 0.0357. The summed E-state index contributed by atoms with van der Waals surface area (Å²) in [6, 6.07) is 0. The largest absolute Gasteiger partial charge is 0.756 e. The normalized spacial score (nSPS) is 13.6. The second-order valence-electron chi connectivity index (χ2n) is 18.2. The Labute approximate surface area is 370 Å². The standard InChI is InChI=1S/C50H96NO8P/c1-6-8-10-12-14-16-18-20-21-22-23-24-25-26-27-28-29-31-32-34-36-38-40-42-49(52)56-46-48(47-58-60(54,55)57-45-44-51(3,4)5)59-50(53)43-41-39-37-35-33-30-19-17-15-13-11-9-7-2/h30,33-34,36,48H,6-29,31-32,35,37-47H2,1-5H3/b33-30+,36-34+/t48-/m0/s1. The molecule has 0 bridgehead atoms. The van der Waals surface area contributed by atoms with Gasteiger partial charge in [-0.05, 0) is 57.8 Å². The van der Waals surface area contributed by atoms with Gasteiger partial charge in [-0.25, -0.2) is 0 Å². The van der Waals surface area contributed by atoms with Crippen LogP contribution in [-0.4, -0.2) is 70.0 Å². The molecule has 0 heterocycles. The molecule has 2 atom stereocenters. The van der Waals surface area contributed by atoms with Gasteiger partial charge in [-0.3, -0.25) is 14.2 Å². The lowest BCUT2D eigenvalue weighted by Crippen LogP contribution is -2.37. The van der Waals surface area contributed by atoms with E-state index in [-0.39, 0.29) is 26.1 Å². The quantitative estimate of drug-likeness (QED) is 0.0195. The highest BCUT2D eigenvalue weighted by Crippen LogP contribution is 2.38. The van der Waals surface area contributed by atoms with Crippen LogP contribution in [0.5, 0.6) is 0 Å². The zero-order chi connectivity index (χ0) is 44.3. The number of phosphoric acid groups is 1. The zero-order valence-corrected chi connectivity index (χ0v) is 40.8. The molecule has 0 aliphatic carbocycles. The molecular weight excluding hydrogens is 774 g/mol. The first-order valence-electron chi connectivity index (χ1n) is 25.0. The van der Waals surface area contributed by atoms with Crippen molar-refractivity contribution in [1.82, 2.24) is 0 Å². The molecule has 0 aliphatic heterocycles. The monoisotopic (exact) mass is 870 g/mol. The van der Waals surface area contributed by atoms with Crippen molar-refractivity contribution in [2.24, 2.45) is 0 Å². The number of carbonyl (C=O) groups excluding carboxylic acids is 2. The van der Waals surface area contributed by atoms with E-state index < -0.39 is 32.5 Å². The van der Waals surface area contributed by atoms with Crippen LogP contribution < -0.4 is 4.89 Å². The Balaban J connectivity index is 4.22. The first-order valence-corrected chi connectivity index (χ1v) is 26.5. The molecule has 10 heteroatoms. The third-order valence-corrected chi connectivity index (χ3v) is 11.9. The Morgan fingerprint density at radius 2 is 0.867 bits per heavy atom. The molecular formula is C50H96NO8P. The molecule has 0 rings (SSSR count). The Morgan fingerprint density at radius 3 is 1.28 bits per heavy atom. The van der Waals surface area contributed by atoms with Crippen LogP contribution in [0.3, 0.4) is 0 Å². The molecule has 0 aromatic heterocycles. The fourth-order valence-electron chi connectivity index (χ4n) is 7.01. The lowest BCUT2D eigenvalue weighted by molar-refractivity contribution is -0.870. The minimum Gasteiger partial charge on any atom is -0.756 e. The number of ether oxygens (including phenoxy) is 2. The van der Waals surface area contributed by atoms with E-state index in [0.717, 1.165) is 38.5 Å². The lowest BCUT2D eigenvalue weighted by Gasteiger charge is -2.28. The van der Waals surface area contributed by atoms with E-state index in [1.807, 2.05) is 21.1 Å². The molecule has 60 heavy (non-hydrogen) atoms. The topological polar surface area (TPSA) is 111 Å². The summed E-state index contributed by atoms with van der Waals surface area (Å²) in [5, 5.41) is 0. The lowest BCUT2D eigenvalue weighted by atomic mass is 10.0. The van der Waals surface area contributed by atoms with Crippen LogP contribution in [0.1, 0.15) is 232 Å². The van der Waals surface area contributed by atoms with Crippen molar-refractivity contribution in [2.75, 3.05) is 47.5 Å². The molecule has 354 valence electrons. The van der Waals surface area contributed by atoms with Crippen LogP contribution in [0.25, 0.3) is 0 Å². The molecule has 0 aliphatic rings. The van der Waals surface area contributed by atoms with Gasteiger partial charge < -0.3 is 27.9 Å². The summed E-state index contributed by atoms with van der Waals surface area (Å²) >= 11 is 0. The van der Waals surface area contributed by atoms with E-state index in [0.29, 0.717) is 23.9 Å². The first-order chi connectivity index (χ1) is 29.0. The maximum atomic E-state index is 12.7. The van der Waals surface area contributed by atoms with Crippen LogP contribution >= 0.6 is 7.82 Å². The maximum absolute atomic E-state index is 12.7. The second-order valence-corrected chi connectivity index (χ2v) is 19.6. The predicted molar refractivity (Wildman–Crippen MR) is 250 cm³/mol. The summed E-state index contributed by atoms with van der Waals surface area (Å²) < 4.78 is 33.9. The van der Waals surface area contributed by atoms with Gasteiger partial charge >= 0.3 is 11.9 Å². The highest BCUT2D eigenvalue weighted by molar-refractivity contribution is 7.45. The molecule has 0 fully saturated rings. The van der Waals surface area contributed by atoms with E-state index in [9.17, 15) is 19.0 Å². The molecule has 1 unspecified atom stereocenters. The molecule has 0 spiro atoms. The third-order valence-electron chi connectivity index (χ3n) is 10.9. The van der Waals surface area contributed by atoms with Crippen LogP contribution in [0.4, 0.5) is 0 Å². The maximum Gasteiger partial charge on any atom is 0.306 e. The molecule has 0 amide bonds. The number of nitrogens with zero attached hydrogens (tertiary/aromatic N) is 1. The average molecular weight is 870 g/mol. The summed E-state index contributed by atoms with van der Waals surface area (Å²) in [6.45, 7) is 4.20. The third kappa shape index (κ3) is 46.0. The van der Waals surface area contributed by atoms with Crippen molar-refractivity contribution in [3.63, 3.8) is 0 Å². The summed E-state index contributed by atoms with van der Waals surface area (Å²) in [5.74, 6) is -0.883. The number of rotatable bonds is 46. The molecule has 0 aromatic carbocycles. The number of likely N-dealkylation sites (N-methyl/N-ethyl adjacent to an activating group) is 1. The van der Waals surface area contributed by atoms with E-state index in [1.54, 1.807) is 0 Å². The number of carbonyl (C=O) groups is 2. The molecule has 0 saturated heterocycles. The van der Waals surface area contributed by atoms with Gasteiger partial charge in [-0.15, -0.1) is 0 Å². The van der Waals surface area contributed by atoms with Gasteiger partial charge in [0.05, 0.1) is 27.7 Å². The summed E-state index contributed by atoms with van der Waals surface area (Å²) in [5.41, 5.74) is 0. The first kappa shape index (κ1) is 58.5. The van der Waals surface area contributed by atoms with Crippen molar-refractivity contribution < 1.29 is 42.1 Å². The summed E-state index contributed by atoms with van der Waals surface area (Å²) in [6.07, 6.45) is 48.0. The summed E-state index contributed by atoms with van der Waals surface area (Å²) in [7, 11) is 1.15. The van der Waals surface area contributed by atoms with Gasteiger partial charge in [-0.1, -0.05) is 186 Å². The fourth-order valence-corrected chi connectivity index (χ4v) is 7.74. The Kier molecular flexibility index (Phi) is 41.7. The van der Waals surface area contributed by atoms with Crippen molar-refractivity contribution in [2.45, 2.75) is 238 Å². The molecule has 0 aromatic rings. The molecule has 0 N–H and O–H groups in total. The zero-order valence-electron chi connectivity index (χ0n) is 39.9. The number of allylic oxidation sites excluding steroid dienone is 4. The molecule has 9 nitrogen and oxygen atoms in total. The number of phosphoric ester groups is 1. The van der Waals surface area contributed by atoms with Gasteiger partial charge in [0.2, 0.25) is 0 Å². The Bertz CT molecular complexity index is 1070. The van der Waals surface area contributed by atoms with Crippen molar-refractivity contribution >= 4 is 19.8 Å². The van der Waals surface area contributed by atoms with Gasteiger partial charge in [0.15, 0.2) is 6.10 Å². The van der Waals surface area contributed by atoms with Crippen LogP contribution in [-0.2, 0) is 32.7 Å². The SMILES string of the molecule is CCCCCCCC/C=C/CCCCCC(=O)O[C@@H](COC(=O)CCC/C=C/CCCCCCCCCCCCCCCCCCCC)COP(=O)([O-])OCC[N+](C)(C)C. The minimum atomic E-state index is -4.63.